The predicted octanol–water partition coefficient (Wildman–Crippen LogP) is 2.14. The predicted molar refractivity (Wildman–Crippen MR) is 93.2 cm³/mol. The van der Waals surface area contributed by atoms with Crippen LogP contribution in [0, 0.1) is 0 Å². The molecule has 4 heterocycles. The van der Waals surface area contributed by atoms with Crippen LogP contribution >= 0.6 is 22.9 Å². The Morgan fingerprint density at radius 1 is 1.38 bits per heavy atom. The molecule has 0 aliphatic carbocycles. The maximum atomic E-state index is 13.2. The molecule has 0 atom stereocenters. The zero-order chi connectivity index (χ0) is 16.9. The topological polar surface area (TPSA) is 95.3 Å². The van der Waals surface area contributed by atoms with Crippen LogP contribution in [0.25, 0.3) is 16.0 Å². The lowest BCUT2D eigenvalue weighted by Crippen LogP contribution is -2.15. The van der Waals surface area contributed by atoms with E-state index in [2.05, 4.69) is 9.97 Å². The summed E-state index contributed by atoms with van der Waals surface area (Å²) in [5, 5.41) is 2.39. The number of nitrogens with zero attached hydrogens (tertiary/aromatic N) is 4. The van der Waals surface area contributed by atoms with Crippen molar-refractivity contribution in [2.75, 3.05) is 6.54 Å². The molecule has 0 aromatic carbocycles. The molecule has 0 radical (unpaired) electrons. The van der Waals surface area contributed by atoms with E-state index in [-0.39, 0.29) is 10.2 Å². The summed E-state index contributed by atoms with van der Waals surface area (Å²) in [4.78, 5) is 8.85. The number of thiazole rings is 1. The van der Waals surface area contributed by atoms with Crippen molar-refractivity contribution in [2.45, 2.75) is 11.4 Å². The largest absolute Gasteiger partial charge is 0.330 e. The van der Waals surface area contributed by atoms with Crippen LogP contribution in [0.2, 0.25) is 5.15 Å². The first-order valence-electron chi connectivity index (χ1n) is 7.05. The molecule has 0 fully saturated rings. The first-order chi connectivity index (χ1) is 11.5. The highest BCUT2D eigenvalue weighted by Crippen LogP contribution is 2.30. The number of fused-ring (bicyclic) bond motifs is 2. The summed E-state index contributed by atoms with van der Waals surface area (Å²) in [5.41, 5.74) is 6.81. The van der Waals surface area contributed by atoms with Crippen LogP contribution in [-0.4, -0.2) is 33.3 Å². The summed E-state index contributed by atoms with van der Waals surface area (Å²) in [6.07, 6.45) is 5.30. The molecular weight excluding hydrogens is 370 g/mol. The Balaban J connectivity index is 2.03. The van der Waals surface area contributed by atoms with Crippen LogP contribution in [0.15, 0.2) is 41.1 Å². The SMILES string of the molecule is NCCc1cn(S(=O)(=O)c2c(Cl)nc3sccn23)c2ncccc12. The molecule has 4 aromatic heterocycles. The number of pyridine rings is 1. The van der Waals surface area contributed by atoms with Gasteiger partial charge in [0, 0.05) is 29.4 Å². The Morgan fingerprint density at radius 2 is 2.21 bits per heavy atom. The smallest absolute Gasteiger partial charge is 0.288 e. The summed E-state index contributed by atoms with van der Waals surface area (Å²) < 4.78 is 29.0. The number of aromatic nitrogens is 4. The third-order valence-electron chi connectivity index (χ3n) is 3.71. The van der Waals surface area contributed by atoms with Crippen LogP contribution in [0.4, 0.5) is 0 Å². The molecule has 0 aliphatic heterocycles. The number of imidazole rings is 1. The van der Waals surface area contributed by atoms with E-state index in [1.807, 2.05) is 6.07 Å². The van der Waals surface area contributed by atoms with Gasteiger partial charge in [0.25, 0.3) is 10.0 Å². The van der Waals surface area contributed by atoms with Crippen molar-refractivity contribution in [3.05, 3.63) is 46.8 Å². The van der Waals surface area contributed by atoms with Gasteiger partial charge in [-0.15, -0.1) is 11.3 Å². The standard InChI is InChI=1S/C14H12ClN5O2S2/c15-11-13(19-6-7-23-14(19)18-11)24(21,22)20-8-9(3-4-16)10-2-1-5-17-12(10)20/h1-2,5-8H,3-4,16H2. The van der Waals surface area contributed by atoms with Gasteiger partial charge in [-0.05, 0) is 30.7 Å². The van der Waals surface area contributed by atoms with Crippen LogP contribution in [0.5, 0.6) is 0 Å². The molecule has 2 N–H and O–H groups in total. The average molecular weight is 382 g/mol. The van der Waals surface area contributed by atoms with Gasteiger partial charge in [0.1, 0.15) is 0 Å². The van der Waals surface area contributed by atoms with E-state index < -0.39 is 10.0 Å². The first kappa shape index (κ1) is 15.6. The Bertz CT molecular complexity index is 1160. The third kappa shape index (κ3) is 2.16. The van der Waals surface area contributed by atoms with Crippen LogP contribution in [0.3, 0.4) is 0 Å². The summed E-state index contributed by atoms with van der Waals surface area (Å²) in [5.74, 6) is 0. The summed E-state index contributed by atoms with van der Waals surface area (Å²) >= 11 is 7.42. The molecule has 0 amide bonds. The van der Waals surface area contributed by atoms with E-state index in [4.69, 9.17) is 17.3 Å². The van der Waals surface area contributed by atoms with E-state index >= 15 is 0 Å². The van der Waals surface area contributed by atoms with Crippen molar-refractivity contribution in [3.8, 4) is 0 Å². The molecule has 0 spiro atoms. The quantitative estimate of drug-likeness (QED) is 0.584. The van der Waals surface area contributed by atoms with Gasteiger partial charge >= 0.3 is 0 Å². The molecule has 0 bridgehead atoms. The Kier molecular flexibility index (Phi) is 3.61. The van der Waals surface area contributed by atoms with Crippen molar-refractivity contribution in [2.24, 2.45) is 5.73 Å². The van der Waals surface area contributed by atoms with Crippen LogP contribution in [0.1, 0.15) is 5.56 Å². The lowest BCUT2D eigenvalue weighted by Gasteiger charge is -2.06. The number of rotatable bonds is 4. The zero-order valence-corrected chi connectivity index (χ0v) is 14.6. The summed E-state index contributed by atoms with van der Waals surface area (Å²) in [6, 6.07) is 3.60. The van der Waals surface area contributed by atoms with Crippen LogP contribution in [-0.2, 0) is 16.4 Å². The van der Waals surface area contributed by atoms with Gasteiger partial charge in [-0.1, -0.05) is 11.6 Å². The van der Waals surface area contributed by atoms with Crippen LogP contribution < -0.4 is 5.73 Å². The molecule has 7 nitrogen and oxygen atoms in total. The maximum absolute atomic E-state index is 13.2. The molecule has 0 saturated heterocycles. The van der Waals surface area contributed by atoms with E-state index in [1.54, 1.807) is 30.0 Å². The fourth-order valence-electron chi connectivity index (χ4n) is 2.70. The number of hydrogen-bond acceptors (Lipinski definition) is 6. The zero-order valence-electron chi connectivity index (χ0n) is 12.3. The second-order valence-corrected chi connectivity index (χ2v) is 8.09. The van der Waals surface area contributed by atoms with Gasteiger partial charge in [-0.3, -0.25) is 4.40 Å². The minimum atomic E-state index is -3.96. The van der Waals surface area contributed by atoms with Gasteiger partial charge in [0.15, 0.2) is 15.8 Å². The summed E-state index contributed by atoms with van der Waals surface area (Å²) in [7, 11) is -3.96. The van der Waals surface area contributed by atoms with Gasteiger partial charge < -0.3 is 5.73 Å². The molecule has 4 aromatic rings. The number of hydrogen-bond donors (Lipinski definition) is 1. The van der Waals surface area contributed by atoms with Gasteiger partial charge in [0.2, 0.25) is 5.03 Å². The monoisotopic (exact) mass is 381 g/mol. The van der Waals surface area contributed by atoms with E-state index in [0.717, 1.165) is 14.9 Å². The second kappa shape index (κ2) is 5.55. The van der Waals surface area contributed by atoms with E-state index in [1.165, 1.54) is 15.7 Å². The molecule has 0 saturated carbocycles. The van der Waals surface area contributed by atoms with Crippen molar-refractivity contribution in [1.82, 2.24) is 18.3 Å². The maximum Gasteiger partial charge on any atom is 0.288 e. The molecular formula is C14H12ClN5O2S2. The lowest BCUT2D eigenvalue weighted by atomic mass is 10.2. The Morgan fingerprint density at radius 3 is 3.00 bits per heavy atom. The number of nitrogens with two attached hydrogens (primary N) is 1. The Hall–Kier alpha value is -1.94. The van der Waals surface area contributed by atoms with E-state index in [9.17, 15) is 8.42 Å². The van der Waals surface area contributed by atoms with Crippen molar-refractivity contribution >= 4 is 49.0 Å². The molecule has 4 rings (SSSR count). The summed E-state index contributed by atoms with van der Waals surface area (Å²) in [6.45, 7) is 0.413. The fourth-order valence-corrected chi connectivity index (χ4v) is 5.46. The Labute approximate surface area is 146 Å². The minimum Gasteiger partial charge on any atom is -0.330 e. The fraction of sp³-hybridized carbons (Fsp3) is 0.143. The molecule has 10 heteroatoms. The van der Waals surface area contributed by atoms with Crippen molar-refractivity contribution < 1.29 is 8.42 Å². The van der Waals surface area contributed by atoms with Crippen molar-refractivity contribution in [3.63, 3.8) is 0 Å². The second-order valence-electron chi connectivity index (χ2n) is 5.13. The van der Waals surface area contributed by atoms with Gasteiger partial charge in [0.05, 0.1) is 0 Å². The highest BCUT2D eigenvalue weighted by Gasteiger charge is 2.29. The lowest BCUT2D eigenvalue weighted by molar-refractivity contribution is 0.584. The first-order valence-corrected chi connectivity index (χ1v) is 9.75. The molecule has 24 heavy (non-hydrogen) atoms. The van der Waals surface area contributed by atoms with Gasteiger partial charge in [-0.25, -0.2) is 13.9 Å². The molecule has 124 valence electrons. The highest BCUT2D eigenvalue weighted by atomic mass is 35.5. The average Bonchev–Trinajstić information content (AvgIpc) is 3.20. The van der Waals surface area contributed by atoms with E-state index in [0.29, 0.717) is 23.6 Å². The number of halogens is 1. The van der Waals surface area contributed by atoms with Gasteiger partial charge in [-0.2, -0.15) is 8.42 Å². The minimum absolute atomic E-state index is 0.0556. The van der Waals surface area contributed by atoms with Crippen molar-refractivity contribution in [1.29, 1.82) is 0 Å². The normalized spacial score (nSPS) is 12.4. The molecule has 0 unspecified atom stereocenters. The highest BCUT2D eigenvalue weighted by molar-refractivity contribution is 7.90. The third-order valence-corrected chi connectivity index (χ3v) is 6.52. The molecule has 0 aliphatic rings.